The van der Waals surface area contributed by atoms with Crippen molar-refractivity contribution in [2.45, 2.75) is 37.5 Å². The molecule has 12 rings (SSSR count). The lowest BCUT2D eigenvalue weighted by Crippen LogP contribution is -2.55. The summed E-state index contributed by atoms with van der Waals surface area (Å²) in [5.41, 5.74) is 11.9. The molecule has 1 spiro atoms. The van der Waals surface area contributed by atoms with Crippen LogP contribution < -0.4 is 0 Å². The number of benzene rings is 7. The van der Waals surface area contributed by atoms with Crippen LogP contribution in [0.15, 0.2) is 133 Å². The van der Waals surface area contributed by atoms with Crippen LogP contribution in [0.4, 0.5) is 0 Å². The van der Waals surface area contributed by atoms with Gasteiger partial charge in [-0.05, 0) is 139 Å². The van der Waals surface area contributed by atoms with Crippen LogP contribution in [0.2, 0.25) is 0 Å². The van der Waals surface area contributed by atoms with Gasteiger partial charge in [-0.25, -0.2) is 0 Å². The van der Waals surface area contributed by atoms with Gasteiger partial charge in [0, 0.05) is 5.41 Å². The van der Waals surface area contributed by atoms with Gasteiger partial charge in [0.25, 0.3) is 0 Å². The molecule has 7 aromatic rings. The Kier molecular flexibility index (Phi) is 5.10. The van der Waals surface area contributed by atoms with Gasteiger partial charge in [-0.3, -0.25) is 0 Å². The predicted molar refractivity (Wildman–Crippen MR) is 193 cm³/mol. The number of hydrogen-bond acceptors (Lipinski definition) is 0. The smallest absolute Gasteiger partial charge is 0.0272 e. The first-order chi connectivity index (χ1) is 22.8. The standard InChI is InChI=1S/C46H36/c1-2-12-30(13-3-1)42-35-16-6-8-18-37(35)43(38-19-9-7-17-36(38)42)45-34-15-5-4-14-31(34)27-41-44(45)39-20-10-11-21-40(39)46(41)32-23-28-22-29(25-32)26-33(46)24-28/h1-21,27-29,32-33H,22-26H2. The Bertz CT molecular complexity index is 2290. The van der Waals surface area contributed by atoms with Gasteiger partial charge in [0.2, 0.25) is 0 Å². The maximum absolute atomic E-state index is 2.65. The molecule has 0 atom stereocenters. The van der Waals surface area contributed by atoms with Crippen molar-refractivity contribution in [3.8, 4) is 33.4 Å². The van der Waals surface area contributed by atoms with Crippen molar-refractivity contribution in [2.24, 2.45) is 23.7 Å². The zero-order valence-electron chi connectivity index (χ0n) is 26.0. The van der Waals surface area contributed by atoms with Gasteiger partial charge < -0.3 is 0 Å². The average molecular weight is 589 g/mol. The molecule has 7 aromatic carbocycles. The number of rotatable bonds is 2. The fourth-order valence-corrected chi connectivity index (χ4v) is 11.5. The van der Waals surface area contributed by atoms with Gasteiger partial charge in [-0.15, -0.1) is 0 Å². The minimum absolute atomic E-state index is 0.133. The zero-order chi connectivity index (χ0) is 30.0. The summed E-state index contributed by atoms with van der Waals surface area (Å²) < 4.78 is 0. The summed E-state index contributed by atoms with van der Waals surface area (Å²) in [6.07, 6.45) is 7.09. The van der Waals surface area contributed by atoms with E-state index in [4.69, 9.17) is 0 Å². The summed E-state index contributed by atoms with van der Waals surface area (Å²) in [5.74, 6) is 3.36. The van der Waals surface area contributed by atoms with Crippen LogP contribution in [0.1, 0.15) is 43.2 Å². The molecular formula is C46H36. The van der Waals surface area contributed by atoms with E-state index in [9.17, 15) is 0 Å². The second-order valence-electron chi connectivity index (χ2n) is 14.8. The molecule has 5 aliphatic rings. The van der Waals surface area contributed by atoms with E-state index in [2.05, 4.69) is 133 Å². The molecule has 0 nitrogen and oxygen atoms in total. The van der Waals surface area contributed by atoms with E-state index in [-0.39, 0.29) is 5.41 Å². The Hall–Kier alpha value is -4.68. The summed E-state index contributed by atoms with van der Waals surface area (Å²) in [6, 6.07) is 51.0. The summed E-state index contributed by atoms with van der Waals surface area (Å²) in [5, 5.41) is 8.13. The maximum Gasteiger partial charge on any atom is 0.0272 e. The monoisotopic (exact) mass is 588 g/mol. The van der Waals surface area contributed by atoms with Crippen LogP contribution >= 0.6 is 0 Å². The molecule has 0 heteroatoms. The summed E-state index contributed by atoms with van der Waals surface area (Å²) in [4.78, 5) is 0. The molecule has 0 heterocycles. The van der Waals surface area contributed by atoms with Crippen molar-refractivity contribution in [1.29, 1.82) is 0 Å². The van der Waals surface area contributed by atoms with E-state index < -0.39 is 0 Å². The molecule has 5 aliphatic carbocycles. The third kappa shape index (κ3) is 3.15. The molecule has 220 valence electrons. The summed E-state index contributed by atoms with van der Waals surface area (Å²) in [7, 11) is 0. The number of hydrogen-bond donors (Lipinski definition) is 0. The minimum atomic E-state index is 0.133. The fourth-order valence-electron chi connectivity index (χ4n) is 11.5. The summed E-state index contributed by atoms with van der Waals surface area (Å²) >= 11 is 0. The molecule has 4 bridgehead atoms. The quantitative estimate of drug-likeness (QED) is 0.176. The Balaban J connectivity index is 1.33. The number of fused-ring (bicyclic) bond motifs is 6. The molecule has 0 saturated heterocycles. The second kappa shape index (κ2) is 9.20. The molecule has 0 unspecified atom stereocenters. The Morgan fingerprint density at radius 1 is 0.391 bits per heavy atom. The van der Waals surface area contributed by atoms with E-state index in [1.807, 2.05) is 0 Å². The van der Waals surface area contributed by atoms with Gasteiger partial charge in [0.15, 0.2) is 0 Å². The lowest BCUT2D eigenvalue weighted by molar-refractivity contribution is -0.0398. The molecule has 4 fully saturated rings. The van der Waals surface area contributed by atoms with Gasteiger partial charge >= 0.3 is 0 Å². The zero-order valence-corrected chi connectivity index (χ0v) is 26.0. The first-order valence-corrected chi connectivity index (χ1v) is 17.5. The van der Waals surface area contributed by atoms with E-state index in [0.29, 0.717) is 0 Å². The molecule has 4 saturated carbocycles. The second-order valence-corrected chi connectivity index (χ2v) is 14.8. The van der Waals surface area contributed by atoms with Gasteiger partial charge in [0.05, 0.1) is 0 Å². The minimum Gasteiger partial charge on any atom is -0.0622 e. The highest BCUT2D eigenvalue weighted by Crippen LogP contribution is 2.70. The van der Waals surface area contributed by atoms with Crippen molar-refractivity contribution in [2.75, 3.05) is 0 Å². The third-order valence-electron chi connectivity index (χ3n) is 12.8. The fraction of sp³-hybridized carbons (Fsp3) is 0.217. The third-order valence-corrected chi connectivity index (χ3v) is 12.8. The van der Waals surface area contributed by atoms with Crippen molar-refractivity contribution >= 4 is 32.3 Å². The normalized spacial score (nSPS) is 25.5. The molecular weight excluding hydrogens is 553 g/mol. The van der Waals surface area contributed by atoms with Gasteiger partial charge in [0.1, 0.15) is 0 Å². The Morgan fingerprint density at radius 3 is 1.57 bits per heavy atom. The molecule has 0 amide bonds. The highest BCUT2D eigenvalue weighted by atomic mass is 14.6. The highest BCUT2D eigenvalue weighted by molar-refractivity contribution is 6.25. The maximum atomic E-state index is 2.65. The van der Waals surface area contributed by atoms with Crippen LogP contribution in [0.25, 0.3) is 65.7 Å². The van der Waals surface area contributed by atoms with Crippen molar-refractivity contribution in [3.63, 3.8) is 0 Å². The summed E-state index contributed by atoms with van der Waals surface area (Å²) in [6.45, 7) is 0. The topological polar surface area (TPSA) is 0 Å². The van der Waals surface area contributed by atoms with Gasteiger partial charge in [-0.1, -0.05) is 127 Å². The van der Waals surface area contributed by atoms with Crippen molar-refractivity contribution in [1.82, 2.24) is 0 Å². The highest BCUT2D eigenvalue weighted by Gasteiger charge is 2.61. The van der Waals surface area contributed by atoms with Crippen molar-refractivity contribution < 1.29 is 0 Å². The van der Waals surface area contributed by atoms with Crippen molar-refractivity contribution in [3.05, 3.63) is 145 Å². The molecule has 0 aliphatic heterocycles. The molecule has 0 aromatic heterocycles. The average Bonchev–Trinajstić information content (AvgIpc) is 3.39. The van der Waals surface area contributed by atoms with E-state index >= 15 is 0 Å². The van der Waals surface area contributed by atoms with Crippen LogP contribution in [-0.2, 0) is 5.41 Å². The Labute approximate surface area is 270 Å². The largest absolute Gasteiger partial charge is 0.0622 e. The van der Waals surface area contributed by atoms with E-state index in [1.54, 1.807) is 11.1 Å². The van der Waals surface area contributed by atoms with Crippen LogP contribution in [0.5, 0.6) is 0 Å². The SMILES string of the molecule is c1ccc(-c2c3ccccc3c(-c3c4c(cc5ccccc35)C3(c5ccccc5-4)C4CC5CC(C4)CC3C5)c3ccccc23)cc1. The first-order valence-electron chi connectivity index (χ1n) is 17.5. The van der Waals surface area contributed by atoms with Crippen LogP contribution in [-0.4, -0.2) is 0 Å². The van der Waals surface area contributed by atoms with E-state index in [1.165, 1.54) is 97.8 Å². The molecule has 0 radical (unpaired) electrons. The molecule has 46 heavy (non-hydrogen) atoms. The molecule has 0 N–H and O–H groups in total. The lowest BCUT2D eigenvalue weighted by Gasteiger charge is -2.61. The van der Waals surface area contributed by atoms with Crippen LogP contribution in [0.3, 0.4) is 0 Å². The van der Waals surface area contributed by atoms with E-state index in [0.717, 1.165) is 23.7 Å². The van der Waals surface area contributed by atoms with Gasteiger partial charge in [-0.2, -0.15) is 0 Å². The van der Waals surface area contributed by atoms with Crippen LogP contribution in [0, 0.1) is 23.7 Å². The predicted octanol–water partition coefficient (Wildman–Crippen LogP) is 12.2. The Morgan fingerprint density at radius 2 is 0.913 bits per heavy atom. The first kappa shape index (κ1) is 25.5. The lowest BCUT2D eigenvalue weighted by atomic mass is 9.43.